The second-order valence-corrected chi connectivity index (χ2v) is 6.80. The molecule has 7 heteroatoms. The molecule has 0 aliphatic carbocycles. The Balaban J connectivity index is 1.65. The fourth-order valence-corrected chi connectivity index (χ4v) is 3.19. The van der Waals surface area contributed by atoms with Gasteiger partial charge in [0.25, 0.3) is 5.91 Å². The van der Waals surface area contributed by atoms with E-state index >= 15 is 0 Å². The van der Waals surface area contributed by atoms with E-state index in [1.165, 1.54) is 0 Å². The van der Waals surface area contributed by atoms with Gasteiger partial charge in [-0.05, 0) is 59.3 Å². The largest absolute Gasteiger partial charge is 0.494 e. The molecule has 1 amide bonds. The highest BCUT2D eigenvalue weighted by atomic mass is 79.9. The molecular weight excluding hydrogens is 420 g/mol. The minimum atomic E-state index is -0.162. The summed E-state index contributed by atoms with van der Waals surface area (Å²) < 4.78 is 6.24. The van der Waals surface area contributed by atoms with Crippen LogP contribution in [0.15, 0.2) is 53.0 Å². The van der Waals surface area contributed by atoms with Crippen molar-refractivity contribution in [2.24, 2.45) is 0 Å². The summed E-state index contributed by atoms with van der Waals surface area (Å²) in [5.74, 6) is 1.08. The molecule has 1 heterocycles. The summed E-state index contributed by atoms with van der Waals surface area (Å²) >= 11 is 3.37. The van der Waals surface area contributed by atoms with E-state index in [-0.39, 0.29) is 5.91 Å². The SMILES string of the molecule is CCOc1ccc2nc(NCCNC(=O)c3ccccc3Br)c(C#N)cc2c1. The number of ether oxygens (including phenoxy) is 1. The van der Waals surface area contributed by atoms with Crippen molar-refractivity contribution in [3.8, 4) is 11.8 Å². The van der Waals surface area contributed by atoms with Crippen molar-refractivity contribution in [2.75, 3.05) is 25.0 Å². The van der Waals surface area contributed by atoms with Gasteiger partial charge in [-0.3, -0.25) is 4.79 Å². The lowest BCUT2D eigenvalue weighted by molar-refractivity contribution is 0.0954. The first-order chi connectivity index (χ1) is 13.6. The fraction of sp³-hybridized carbons (Fsp3) is 0.190. The van der Waals surface area contributed by atoms with Crippen molar-refractivity contribution in [1.29, 1.82) is 5.26 Å². The van der Waals surface area contributed by atoms with Gasteiger partial charge in [0.2, 0.25) is 0 Å². The van der Waals surface area contributed by atoms with Crippen LogP contribution in [0.1, 0.15) is 22.8 Å². The maximum Gasteiger partial charge on any atom is 0.252 e. The molecule has 0 saturated carbocycles. The molecule has 1 aromatic heterocycles. The number of hydrogen-bond donors (Lipinski definition) is 2. The molecule has 0 atom stereocenters. The normalized spacial score (nSPS) is 10.3. The van der Waals surface area contributed by atoms with Crippen LogP contribution in [-0.2, 0) is 0 Å². The third-order valence-corrected chi connectivity index (χ3v) is 4.73. The monoisotopic (exact) mass is 438 g/mol. The van der Waals surface area contributed by atoms with Crippen molar-refractivity contribution in [3.05, 3.63) is 64.1 Å². The number of fused-ring (bicyclic) bond motifs is 1. The van der Waals surface area contributed by atoms with Gasteiger partial charge >= 0.3 is 0 Å². The Kier molecular flexibility index (Phi) is 6.45. The lowest BCUT2D eigenvalue weighted by Crippen LogP contribution is -2.29. The first-order valence-electron chi connectivity index (χ1n) is 8.86. The van der Waals surface area contributed by atoms with Crippen LogP contribution in [-0.4, -0.2) is 30.6 Å². The molecular formula is C21H19BrN4O2. The predicted octanol–water partition coefficient (Wildman–Crippen LogP) is 4.11. The predicted molar refractivity (Wildman–Crippen MR) is 113 cm³/mol. The molecule has 142 valence electrons. The second kappa shape index (κ2) is 9.20. The number of nitrogens with zero attached hydrogens (tertiary/aromatic N) is 2. The Morgan fingerprint density at radius 3 is 2.79 bits per heavy atom. The third kappa shape index (κ3) is 4.59. The zero-order chi connectivity index (χ0) is 19.9. The molecule has 3 rings (SSSR count). The summed E-state index contributed by atoms with van der Waals surface area (Å²) in [7, 11) is 0. The molecule has 0 aliphatic rings. The average Bonchev–Trinajstić information content (AvgIpc) is 2.71. The number of nitrogens with one attached hydrogen (secondary N) is 2. The van der Waals surface area contributed by atoms with E-state index in [9.17, 15) is 10.1 Å². The van der Waals surface area contributed by atoms with Crippen LogP contribution in [0.2, 0.25) is 0 Å². The quantitative estimate of drug-likeness (QED) is 0.541. The van der Waals surface area contributed by atoms with Crippen molar-refractivity contribution < 1.29 is 9.53 Å². The van der Waals surface area contributed by atoms with Crippen molar-refractivity contribution >= 4 is 38.6 Å². The summed E-state index contributed by atoms with van der Waals surface area (Å²) in [6.45, 7) is 3.34. The number of benzene rings is 2. The molecule has 0 spiro atoms. The topological polar surface area (TPSA) is 87.0 Å². The van der Waals surface area contributed by atoms with E-state index in [2.05, 4.69) is 37.6 Å². The Morgan fingerprint density at radius 1 is 1.21 bits per heavy atom. The number of rotatable bonds is 7. The van der Waals surface area contributed by atoms with Crippen LogP contribution in [0.3, 0.4) is 0 Å². The summed E-state index contributed by atoms with van der Waals surface area (Å²) in [6.07, 6.45) is 0. The number of halogens is 1. The highest BCUT2D eigenvalue weighted by Gasteiger charge is 2.10. The Morgan fingerprint density at radius 2 is 2.04 bits per heavy atom. The zero-order valence-corrected chi connectivity index (χ0v) is 16.9. The summed E-state index contributed by atoms with van der Waals surface area (Å²) in [5.41, 5.74) is 1.79. The second-order valence-electron chi connectivity index (χ2n) is 5.95. The van der Waals surface area contributed by atoms with Crippen LogP contribution in [0.5, 0.6) is 5.75 Å². The smallest absolute Gasteiger partial charge is 0.252 e. The maximum atomic E-state index is 12.2. The fourth-order valence-electron chi connectivity index (χ4n) is 2.73. The lowest BCUT2D eigenvalue weighted by Gasteiger charge is -2.11. The summed E-state index contributed by atoms with van der Waals surface area (Å²) in [6, 6.07) is 16.8. The number of anilines is 1. The minimum Gasteiger partial charge on any atom is -0.494 e. The van der Waals surface area contributed by atoms with Gasteiger partial charge in [0, 0.05) is 22.9 Å². The highest BCUT2D eigenvalue weighted by Crippen LogP contribution is 2.24. The van der Waals surface area contributed by atoms with Crippen LogP contribution in [0.4, 0.5) is 5.82 Å². The molecule has 0 saturated heterocycles. The van der Waals surface area contributed by atoms with Crippen LogP contribution in [0, 0.1) is 11.3 Å². The number of hydrogen-bond acceptors (Lipinski definition) is 5. The average molecular weight is 439 g/mol. The molecule has 0 aliphatic heterocycles. The molecule has 6 nitrogen and oxygen atoms in total. The lowest BCUT2D eigenvalue weighted by atomic mass is 10.1. The van der Waals surface area contributed by atoms with Crippen molar-refractivity contribution in [2.45, 2.75) is 6.92 Å². The standard InChI is InChI=1S/C21H19BrN4O2/c1-2-28-16-7-8-19-14(12-16)11-15(13-23)20(26-19)24-9-10-25-21(27)17-5-3-4-6-18(17)22/h3-8,11-12H,2,9-10H2,1H3,(H,24,26)(H,25,27). The first-order valence-corrected chi connectivity index (χ1v) is 9.66. The molecule has 2 N–H and O–H groups in total. The summed E-state index contributed by atoms with van der Waals surface area (Å²) in [5, 5.41) is 16.3. The highest BCUT2D eigenvalue weighted by molar-refractivity contribution is 9.10. The number of carbonyl (C=O) groups is 1. The molecule has 2 aromatic carbocycles. The van der Waals surface area contributed by atoms with Gasteiger partial charge in [0.1, 0.15) is 17.6 Å². The first kappa shape index (κ1) is 19.6. The van der Waals surface area contributed by atoms with E-state index in [1.54, 1.807) is 12.1 Å². The Hall–Kier alpha value is -3.11. The van der Waals surface area contributed by atoms with Gasteiger partial charge in [0.05, 0.1) is 23.3 Å². The van der Waals surface area contributed by atoms with E-state index < -0.39 is 0 Å². The van der Waals surface area contributed by atoms with Crippen LogP contribution in [0.25, 0.3) is 10.9 Å². The molecule has 3 aromatic rings. The van der Waals surface area contributed by atoms with Gasteiger partial charge < -0.3 is 15.4 Å². The molecule has 0 unspecified atom stereocenters. The number of aromatic nitrogens is 1. The molecule has 0 radical (unpaired) electrons. The third-order valence-electron chi connectivity index (χ3n) is 4.04. The van der Waals surface area contributed by atoms with E-state index in [0.29, 0.717) is 36.6 Å². The molecule has 28 heavy (non-hydrogen) atoms. The van der Waals surface area contributed by atoms with Crippen LogP contribution >= 0.6 is 15.9 Å². The number of amides is 1. The summed E-state index contributed by atoms with van der Waals surface area (Å²) in [4.78, 5) is 16.7. The Bertz CT molecular complexity index is 1050. The van der Waals surface area contributed by atoms with Gasteiger partial charge in [-0.2, -0.15) is 5.26 Å². The molecule has 0 bridgehead atoms. The molecule has 0 fully saturated rings. The van der Waals surface area contributed by atoms with E-state index in [1.807, 2.05) is 43.3 Å². The van der Waals surface area contributed by atoms with Gasteiger partial charge in [-0.1, -0.05) is 12.1 Å². The van der Waals surface area contributed by atoms with Crippen molar-refractivity contribution in [1.82, 2.24) is 10.3 Å². The van der Waals surface area contributed by atoms with E-state index in [4.69, 9.17) is 4.74 Å². The Labute approximate surface area is 171 Å². The van der Waals surface area contributed by atoms with Gasteiger partial charge in [-0.25, -0.2) is 4.98 Å². The number of carbonyl (C=O) groups excluding carboxylic acids is 1. The van der Waals surface area contributed by atoms with Crippen molar-refractivity contribution in [3.63, 3.8) is 0 Å². The minimum absolute atomic E-state index is 0.162. The number of nitriles is 1. The number of pyridine rings is 1. The van der Waals surface area contributed by atoms with Gasteiger partial charge in [0.15, 0.2) is 0 Å². The maximum absolute atomic E-state index is 12.2. The van der Waals surface area contributed by atoms with Crippen LogP contribution < -0.4 is 15.4 Å². The zero-order valence-electron chi connectivity index (χ0n) is 15.3. The van der Waals surface area contributed by atoms with Gasteiger partial charge in [-0.15, -0.1) is 0 Å². The van der Waals surface area contributed by atoms with E-state index in [0.717, 1.165) is 21.1 Å².